The molecule has 0 saturated heterocycles. The van der Waals surface area contributed by atoms with Crippen LogP contribution in [0.15, 0.2) is 5.16 Å². The van der Waals surface area contributed by atoms with Crippen LogP contribution in [0.3, 0.4) is 0 Å². The van der Waals surface area contributed by atoms with Crippen LogP contribution < -0.4 is 0 Å². The van der Waals surface area contributed by atoms with Crippen LogP contribution in [0, 0.1) is 0 Å². The minimum Gasteiger partial charge on any atom is -0.411 e. The van der Waals surface area contributed by atoms with E-state index in [0.717, 1.165) is 0 Å². The molecule has 0 aliphatic carbocycles. The van der Waals surface area contributed by atoms with Gasteiger partial charge in [-0.3, -0.25) is 0 Å². The van der Waals surface area contributed by atoms with Crippen molar-refractivity contribution >= 4 is 14.0 Å². The fourth-order valence-electron chi connectivity index (χ4n) is 0.293. The van der Waals surface area contributed by atoms with E-state index in [1.54, 1.807) is 0 Å². The molecule has 0 aromatic heterocycles. The van der Waals surface area contributed by atoms with Gasteiger partial charge in [0.2, 0.25) is 0 Å². The first-order valence-corrected chi connectivity index (χ1v) is 3.72. The number of hydrogen-bond acceptors (Lipinski definition) is 4. The second kappa shape index (κ2) is 4.33. The molecule has 5 nitrogen and oxygen atoms in total. The largest absolute Gasteiger partial charge is 0.695 e. The predicted molar refractivity (Wildman–Crippen MR) is 35.3 cm³/mol. The van der Waals surface area contributed by atoms with Crippen molar-refractivity contribution in [3.8, 4) is 0 Å². The Bertz CT molecular complexity index is 157. The molecular formula is C4H9NO4P+. The Balaban J connectivity index is 3.85. The Labute approximate surface area is 59.3 Å². The van der Waals surface area contributed by atoms with Gasteiger partial charge in [0.15, 0.2) is 6.10 Å². The molecule has 0 bridgehead atoms. The van der Waals surface area contributed by atoms with Crippen molar-refractivity contribution < 1.29 is 19.2 Å². The molecule has 58 valence electrons. The van der Waals surface area contributed by atoms with Crippen LogP contribution in [0.5, 0.6) is 0 Å². The normalized spacial score (nSPS) is 16.7. The van der Waals surface area contributed by atoms with E-state index in [1.807, 2.05) is 0 Å². The van der Waals surface area contributed by atoms with Crippen LogP contribution in [0.1, 0.15) is 13.8 Å². The highest BCUT2D eigenvalue weighted by Crippen LogP contribution is 2.18. The zero-order valence-electron chi connectivity index (χ0n) is 5.68. The first-order chi connectivity index (χ1) is 4.57. The Morgan fingerprint density at radius 1 is 1.80 bits per heavy atom. The van der Waals surface area contributed by atoms with E-state index in [4.69, 9.17) is 10.1 Å². The van der Waals surface area contributed by atoms with Gasteiger partial charge < -0.3 is 5.21 Å². The fourth-order valence-corrected chi connectivity index (χ4v) is 0.716. The monoisotopic (exact) mass is 166 g/mol. The second-order valence-electron chi connectivity index (χ2n) is 1.73. The van der Waals surface area contributed by atoms with Gasteiger partial charge in [-0.15, -0.1) is 9.42 Å². The van der Waals surface area contributed by atoms with Gasteiger partial charge in [-0.25, -0.2) is 0 Å². The van der Waals surface area contributed by atoms with Gasteiger partial charge in [-0.1, -0.05) is 5.16 Å². The maximum Gasteiger partial charge on any atom is 0.695 e. The molecule has 0 aliphatic rings. The third-order valence-electron chi connectivity index (χ3n) is 0.994. The van der Waals surface area contributed by atoms with Crippen LogP contribution in [0.4, 0.5) is 0 Å². The minimum atomic E-state index is -2.62. The molecule has 0 radical (unpaired) electrons. The summed E-state index contributed by atoms with van der Waals surface area (Å²) in [6, 6.07) is 0. The summed E-state index contributed by atoms with van der Waals surface area (Å²) in [4.78, 5) is 8.22. The van der Waals surface area contributed by atoms with E-state index in [0.29, 0.717) is 0 Å². The maximum absolute atomic E-state index is 10.0. The average Bonchev–Trinajstić information content (AvgIpc) is 1.85. The van der Waals surface area contributed by atoms with Crippen LogP contribution in [0.2, 0.25) is 0 Å². The van der Waals surface area contributed by atoms with Gasteiger partial charge in [-0.2, -0.15) is 0 Å². The molecule has 0 amide bonds. The van der Waals surface area contributed by atoms with E-state index < -0.39 is 14.4 Å². The first-order valence-electron chi connectivity index (χ1n) is 2.59. The first kappa shape index (κ1) is 9.49. The van der Waals surface area contributed by atoms with Crippen molar-refractivity contribution in [2.75, 3.05) is 0 Å². The summed E-state index contributed by atoms with van der Waals surface area (Å²) in [5.74, 6) is 0. The van der Waals surface area contributed by atoms with E-state index >= 15 is 0 Å². The van der Waals surface area contributed by atoms with Gasteiger partial charge in [0, 0.05) is 4.57 Å². The number of rotatable bonds is 3. The molecule has 0 rings (SSSR count). The molecule has 0 saturated carbocycles. The molecule has 6 heteroatoms. The second-order valence-corrected chi connectivity index (χ2v) is 2.41. The van der Waals surface area contributed by atoms with E-state index in [2.05, 4.69) is 9.68 Å². The van der Waals surface area contributed by atoms with Crippen molar-refractivity contribution in [2.45, 2.75) is 20.0 Å². The molecule has 2 atom stereocenters. The third-order valence-corrected chi connectivity index (χ3v) is 1.49. The number of oxime groups is 1. The highest BCUT2D eigenvalue weighted by atomic mass is 31.1. The molecule has 0 fully saturated rings. The lowest BCUT2D eigenvalue weighted by Crippen LogP contribution is -2.14. The van der Waals surface area contributed by atoms with Gasteiger partial charge in [-0.05, 0) is 13.8 Å². The van der Waals surface area contributed by atoms with Gasteiger partial charge >= 0.3 is 8.25 Å². The zero-order chi connectivity index (χ0) is 8.15. The SMILES string of the molecule is CC(=NO)C(C)O[P+](=O)O. The minimum absolute atomic E-state index is 0.261. The lowest BCUT2D eigenvalue weighted by Gasteiger charge is -1.98. The molecule has 0 spiro atoms. The van der Waals surface area contributed by atoms with Crippen molar-refractivity contribution in [3.05, 3.63) is 0 Å². The summed E-state index contributed by atoms with van der Waals surface area (Å²) in [6.45, 7) is 3.00. The summed E-state index contributed by atoms with van der Waals surface area (Å²) >= 11 is 0. The van der Waals surface area contributed by atoms with Gasteiger partial charge in [0.1, 0.15) is 0 Å². The Hall–Kier alpha value is -0.510. The molecular weight excluding hydrogens is 157 g/mol. The van der Waals surface area contributed by atoms with E-state index in [-0.39, 0.29) is 5.71 Å². The highest BCUT2D eigenvalue weighted by Gasteiger charge is 2.20. The van der Waals surface area contributed by atoms with Crippen molar-refractivity contribution in [1.29, 1.82) is 0 Å². The van der Waals surface area contributed by atoms with Gasteiger partial charge in [0.05, 0.1) is 5.71 Å². The quantitative estimate of drug-likeness (QED) is 0.282. The lowest BCUT2D eigenvalue weighted by atomic mass is 10.3. The summed E-state index contributed by atoms with van der Waals surface area (Å²) < 4.78 is 14.4. The summed E-state index contributed by atoms with van der Waals surface area (Å²) in [7, 11) is -2.62. The molecule has 2 unspecified atom stereocenters. The summed E-state index contributed by atoms with van der Waals surface area (Å²) in [5.41, 5.74) is 0.261. The van der Waals surface area contributed by atoms with Crippen LogP contribution in [0.25, 0.3) is 0 Å². The number of nitrogens with zero attached hydrogens (tertiary/aromatic N) is 1. The topological polar surface area (TPSA) is 79.1 Å². The fraction of sp³-hybridized carbons (Fsp3) is 0.750. The van der Waals surface area contributed by atoms with E-state index in [9.17, 15) is 4.57 Å². The Kier molecular flexibility index (Phi) is 4.11. The zero-order valence-corrected chi connectivity index (χ0v) is 6.58. The highest BCUT2D eigenvalue weighted by molar-refractivity contribution is 7.32. The summed E-state index contributed by atoms with van der Waals surface area (Å²) in [5, 5.41) is 10.9. The molecule has 10 heavy (non-hydrogen) atoms. The standard InChI is InChI=1S/C4H8NO4P/c1-3(5-6)4(2)9-10(7)8/h4H,1-2H3,(H-,6,7,8)/p+1. The molecule has 0 aliphatic heterocycles. The molecule has 0 heterocycles. The van der Waals surface area contributed by atoms with Crippen molar-refractivity contribution in [2.24, 2.45) is 5.16 Å². The van der Waals surface area contributed by atoms with E-state index in [1.165, 1.54) is 13.8 Å². The smallest absolute Gasteiger partial charge is 0.411 e. The third kappa shape index (κ3) is 3.50. The van der Waals surface area contributed by atoms with Crippen molar-refractivity contribution in [3.63, 3.8) is 0 Å². The predicted octanol–water partition coefficient (Wildman–Crippen LogP) is 0.891. The van der Waals surface area contributed by atoms with Crippen LogP contribution >= 0.6 is 8.25 Å². The van der Waals surface area contributed by atoms with Gasteiger partial charge in [0.25, 0.3) is 0 Å². The lowest BCUT2D eigenvalue weighted by molar-refractivity contribution is 0.247. The molecule has 2 N–H and O–H groups in total. The average molecular weight is 166 g/mol. The maximum atomic E-state index is 10.0. The van der Waals surface area contributed by atoms with Crippen molar-refractivity contribution in [1.82, 2.24) is 0 Å². The Morgan fingerprint density at radius 2 is 2.30 bits per heavy atom. The molecule has 0 aromatic rings. The summed E-state index contributed by atoms with van der Waals surface area (Å²) in [6.07, 6.45) is -0.626. The Morgan fingerprint density at radius 3 is 2.60 bits per heavy atom. The number of hydrogen-bond donors (Lipinski definition) is 2. The molecule has 0 aromatic carbocycles. The van der Waals surface area contributed by atoms with Crippen LogP contribution in [-0.2, 0) is 9.09 Å². The van der Waals surface area contributed by atoms with Crippen LogP contribution in [-0.4, -0.2) is 21.9 Å².